The van der Waals surface area contributed by atoms with E-state index in [1.807, 2.05) is 22.6 Å². The summed E-state index contributed by atoms with van der Waals surface area (Å²) in [6, 6.07) is 6.30. The van der Waals surface area contributed by atoms with E-state index in [2.05, 4.69) is 11.9 Å². The number of carbonyl (C=O) groups is 1. The minimum atomic E-state index is -6.35. The summed E-state index contributed by atoms with van der Waals surface area (Å²) < 4.78 is 125. The number of carbonyl (C=O) groups excluding carboxylic acids is 1. The summed E-state index contributed by atoms with van der Waals surface area (Å²) in [4.78, 5) is 15.8. The molecular weight excluding hydrogens is 756 g/mol. The van der Waals surface area contributed by atoms with Crippen molar-refractivity contribution in [3.05, 3.63) is 69.5 Å². The Hall–Kier alpha value is -2.56. The van der Waals surface area contributed by atoms with E-state index in [-0.39, 0.29) is 47.3 Å². The third-order valence-corrected chi connectivity index (χ3v) is 14.2. The Labute approximate surface area is 274 Å². The van der Waals surface area contributed by atoms with Gasteiger partial charge in [-0.3, -0.25) is 4.79 Å². The highest BCUT2D eigenvalue weighted by molar-refractivity contribution is 14.1. The van der Waals surface area contributed by atoms with Crippen molar-refractivity contribution in [3.63, 3.8) is 0 Å². The molecule has 7 rings (SSSR count). The van der Waals surface area contributed by atoms with Crippen molar-refractivity contribution in [2.75, 3.05) is 18.4 Å². The molecule has 5 aliphatic rings. The summed E-state index contributed by atoms with van der Waals surface area (Å²) in [5, 5.41) is 13.0. The fourth-order valence-electron chi connectivity index (χ4n) is 8.19. The molecule has 2 aromatic carbocycles. The molecule has 3 aliphatic carbocycles. The number of amides is 1. The molecule has 0 spiro atoms. The van der Waals surface area contributed by atoms with E-state index in [9.17, 15) is 44.7 Å². The van der Waals surface area contributed by atoms with Crippen LogP contribution >= 0.6 is 22.6 Å². The van der Waals surface area contributed by atoms with Crippen molar-refractivity contribution >= 4 is 44.0 Å². The summed E-state index contributed by atoms with van der Waals surface area (Å²) in [6.45, 7) is 3.38. The number of sulfone groups is 1. The minimum Gasteiger partial charge on any atom is -0.512 e. The molecule has 0 radical (unpaired) electrons. The van der Waals surface area contributed by atoms with Gasteiger partial charge in [-0.25, -0.2) is 12.8 Å². The van der Waals surface area contributed by atoms with E-state index in [1.165, 1.54) is 17.0 Å². The van der Waals surface area contributed by atoms with Crippen LogP contribution < -0.4 is 5.32 Å². The van der Waals surface area contributed by atoms with Gasteiger partial charge in [0.05, 0.1) is 16.7 Å². The first kappa shape index (κ1) is 33.3. The first-order chi connectivity index (χ1) is 21.3. The fraction of sp³-hybridized carbons (Fsp3) is 0.516. The van der Waals surface area contributed by atoms with Crippen LogP contribution in [0.25, 0.3) is 0 Å². The second-order valence-electron chi connectivity index (χ2n) is 12.9. The molecule has 15 heteroatoms. The Kier molecular flexibility index (Phi) is 7.59. The molecule has 4 fully saturated rings. The summed E-state index contributed by atoms with van der Waals surface area (Å²) in [5.41, 5.74) is -9.23. The number of rotatable bonds is 5. The number of hydrogen-bond acceptors (Lipinski definition) is 5. The molecular formula is C31H30F7IN2O4S. The lowest BCUT2D eigenvalue weighted by molar-refractivity contribution is -0.348. The molecule has 2 bridgehead atoms. The molecule has 1 amide bonds. The lowest BCUT2D eigenvalue weighted by atomic mass is 9.53. The fourth-order valence-corrected chi connectivity index (χ4v) is 10.9. The van der Waals surface area contributed by atoms with E-state index in [4.69, 9.17) is 0 Å². The largest absolute Gasteiger partial charge is 0.512 e. The molecule has 2 aliphatic heterocycles. The maximum atomic E-state index is 15.1. The van der Waals surface area contributed by atoms with E-state index >= 15 is 4.39 Å². The Morgan fingerprint density at radius 2 is 1.43 bits per heavy atom. The summed E-state index contributed by atoms with van der Waals surface area (Å²) >= 11 is 1.99. The quantitative estimate of drug-likeness (QED) is 0.185. The molecule has 1 saturated heterocycles. The van der Waals surface area contributed by atoms with Gasteiger partial charge in [0.25, 0.3) is 0 Å². The molecule has 2 heterocycles. The normalized spacial score (nSPS) is 29.6. The van der Waals surface area contributed by atoms with Gasteiger partial charge < -0.3 is 15.3 Å². The first-order valence-electron chi connectivity index (χ1n) is 14.7. The first-order valence-corrected chi connectivity index (χ1v) is 17.2. The number of anilines is 1. The number of alkyl halides is 7. The van der Waals surface area contributed by atoms with E-state index in [1.54, 1.807) is 12.1 Å². The molecule has 46 heavy (non-hydrogen) atoms. The van der Waals surface area contributed by atoms with Crippen LogP contribution in [0.5, 0.6) is 0 Å². The summed E-state index contributed by atoms with van der Waals surface area (Å²) in [7, 11) is -4.45. The van der Waals surface area contributed by atoms with Crippen LogP contribution in [0, 0.1) is 14.4 Å². The standard InChI is InChI=1S/C31H30F7IN2O4S/c1-18(42)26-8-11-27(12-9-26,13-10-26)25(43)41-15-14-28(46(44,45)21-5-3-20(39)4-6-21)22-7-2-19(16-23(22)40-17-24(28)41)29(32,30(33,34)35)31(36,37)38/h2-7,16,24,40,42H,1,8-15,17H2. The smallest absolute Gasteiger partial charge is 0.435 e. The average Bonchev–Trinajstić information content (AvgIpc) is 3.41. The lowest BCUT2D eigenvalue weighted by Crippen LogP contribution is -2.59. The van der Waals surface area contributed by atoms with Crippen molar-refractivity contribution in [3.8, 4) is 0 Å². The van der Waals surface area contributed by atoms with Crippen LogP contribution in [0.1, 0.15) is 56.1 Å². The Morgan fingerprint density at radius 1 is 0.891 bits per heavy atom. The van der Waals surface area contributed by atoms with Crippen molar-refractivity contribution in [2.45, 2.75) is 78.7 Å². The van der Waals surface area contributed by atoms with Gasteiger partial charge in [0.2, 0.25) is 5.91 Å². The number of hydrogen-bond donors (Lipinski definition) is 2. The number of fused-ring (bicyclic) bond motifs is 6. The number of halogens is 8. The van der Waals surface area contributed by atoms with Gasteiger partial charge in [0.15, 0.2) is 9.84 Å². The van der Waals surface area contributed by atoms with Gasteiger partial charge in [0, 0.05) is 38.7 Å². The third kappa shape index (κ3) is 4.45. The maximum absolute atomic E-state index is 15.1. The zero-order valence-corrected chi connectivity index (χ0v) is 27.2. The van der Waals surface area contributed by atoms with Crippen molar-refractivity contribution < 1.29 is 49.1 Å². The van der Waals surface area contributed by atoms with Gasteiger partial charge in [-0.15, -0.1) is 0 Å². The highest BCUT2D eigenvalue weighted by Gasteiger charge is 2.74. The van der Waals surface area contributed by atoms with Crippen LogP contribution in [-0.2, 0) is 25.0 Å². The van der Waals surface area contributed by atoms with Gasteiger partial charge >= 0.3 is 18.0 Å². The Bertz CT molecular complexity index is 1670. The van der Waals surface area contributed by atoms with Gasteiger partial charge in [-0.1, -0.05) is 18.7 Å². The summed E-state index contributed by atoms with van der Waals surface area (Å²) in [5.74, 6) is -0.189. The predicted octanol–water partition coefficient (Wildman–Crippen LogP) is 7.69. The third-order valence-electron chi connectivity index (χ3n) is 11.0. The summed E-state index contributed by atoms with van der Waals surface area (Å²) in [6.07, 6.45) is -9.93. The molecule has 2 N–H and O–H groups in total. The number of aliphatic hydroxyl groups is 1. The maximum Gasteiger partial charge on any atom is 0.435 e. The topological polar surface area (TPSA) is 86.7 Å². The highest BCUT2D eigenvalue weighted by Crippen LogP contribution is 2.62. The van der Waals surface area contributed by atoms with Crippen molar-refractivity contribution in [1.29, 1.82) is 0 Å². The van der Waals surface area contributed by atoms with Gasteiger partial charge in [-0.05, 0) is 103 Å². The van der Waals surface area contributed by atoms with Crippen LogP contribution in [0.3, 0.4) is 0 Å². The zero-order valence-electron chi connectivity index (χ0n) is 24.2. The second-order valence-corrected chi connectivity index (χ2v) is 16.4. The molecule has 2 unspecified atom stereocenters. The molecule has 0 aromatic heterocycles. The Balaban J connectivity index is 1.47. The number of aliphatic hydroxyl groups excluding tert-OH is 1. The SMILES string of the molecule is C=C(O)C12CCC(C(=O)N3CCC4(S(=O)(=O)c5ccc(I)cc5)c5ccc(C(F)(C(F)(F)F)C(F)(F)F)cc5NCC34)(CC1)CC2. The lowest BCUT2D eigenvalue weighted by Gasteiger charge is -2.53. The van der Waals surface area contributed by atoms with Crippen LogP contribution in [-0.4, -0.2) is 55.8 Å². The second kappa shape index (κ2) is 10.5. The van der Waals surface area contributed by atoms with Crippen molar-refractivity contribution in [1.82, 2.24) is 4.90 Å². The monoisotopic (exact) mass is 786 g/mol. The minimum absolute atomic E-state index is 0.0340. The number of nitrogens with one attached hydrogen (secondary N) is 1. The van der Waals surface area contributed by atoms with Gasteiger partial charge in [0.1, 0.15) is 4.75 Å². The number of likely N-dealkylation sites (tertiary alicyclic amines) is 1. The van der Waals surface area contributed by atoms with Crippen molar-refractivity contribution in [2.24, 2.45) is 10.8 Å². The van der Waals surface area contributed by atoms with E-state index < -0.39 is 55.0 Å². The van der Waals surface area contributed by atoms with E-state index in [0.29, 0.717) is 50.7 Å². The number of nitrogens with zero attached hydrogens (tertiary/aromatic N) is 1. The molecule has 3 saturated carbocycles. The average molecular weight is 787 g/mol. The molecule has 250 valence electrons. The van der Waals surface area contributed by atoms with Crippen LogP contribution in [0.2, 0.25) is 0 Å². The van der Waals surface area contributed by atoms with Crippen LogP contribution in [0.4, 0.5) is 36.4 Å². The zero-order chi connectivity index (χ0) is 33.7. The molecule has 2 atom stereocenters. The highest BCUT2D eigenvalue weighted by atomic mass is 127. The van der Waals surface area contributed by atoms with E-state index in [0.717, 1.165) is 9.64 Å². The number of allylic oxidation sites excluding steroid dienone is 1. The van der Waals surface area contributed by atoms with Gasteiger partial charge in [-0.2, -0.15) is 26.3 Å². The Morgan fingerprint density at radius 3 is 1.96 bits per heavy atom. The van der Waals surface area contributed by atoms with Crippen LogP contribution in [0.15, 0.2) is 59.7 Å². The predicted molar refractivity (Wildman–Crippen MR) is 162 cm³/mol. The molecule has 6 nitrogen and oxygen atoms in total. The molecule has 2 aromatic rings. The number of benzene rings is 2.